The third-order valence-corrected chi connectivity index (χ3v) is 5.58. The summed E-state index contributed by atoms with van der Waals surface area (Å²) in [6, 6.07) is 13.4. The molecule has 2 aliphatic rings. The van der Waals surface area contributed by atoms with Crippen molar-refractivity contribution in [3.63, 3.8) is 0 Å². The topological polar surface area (TPSA) is 124 Å². The van der Waals surface area contributed by atoms with E-state index in [0.717, 1.165) is 16.0 Å². The van der Waals surface area contributed by atoms with Gasteiger partial charge in [-0.3, -0.25) is 9.69 Å². The molecule has 9 heteroatoms. The summed E-state index contributed by atoms with van der Waals surface area (Å²) in [5.74, 6) is -4.08. The number of ether oxygens (including phenoxy) is 1. The summed E-state index contributed by atoms with van der Waals surface area (Å²) in [4.78, 5) is 50.9. The van der Waals surface area contributed by atoms with Crippen molar-refractivity contribution >= 4 is 30.0 Å². The Morgan fingerprint density at radius 2 is 1.56 bits per heavy atom. The van der Waals surface area contributed by atoms with Gasteiger partial charge in [0.2, 0.25) is 11.9 Å². The van der Waals surface area contributed by atoms with E-state index in [1.807, 2.05) is 12.1 Å². The first kappa shape index (κ1) is 21.1. The fraction of sp³-hybridized carbons (Fsp3) is 0.217. The molecule has 2 saturated heterocycles. The third kappa shape index (κ3) is 3.68. The van der Waals surface area contributed by atoms with Crippen LogP contribution in [0.2, 0.25) is 0 Å². The van der Waals surface area contributed by atoms with Crippen LogP contribution >= 0.6 is 0 Å². The summed E-state index contributed by atoms with van der Waals surface area (Å²) in [7, 11) is 0. The zero-order chi connectivity index (χ0) is 22.8. The number of benzene rings is 2. The number of carbonyl (C=O) groups excluding carboxylic acids is 2. The largest absolute Gasteiger partial charge is 0.479 e. The first-order chi connectivity index (χ1) is 15.4. The minimum absolute atomic E-state index is 0.0308. The minimum Gasteiger partial charge on any atom is -0.479 e. The van der Waals surface area contributed by atoms with Crippen LogP contribution in [-0.2, 0) is 19.1 Å². The Kier molecular flexibility index (Phi) is 5.63. The molecule has 0 radical (unpaired) electrons. The van der Waals surface area contributed by atoms with Crippen molar-refractivity contribution in [2.75, 3.05) is 6.61 Å². The lowest BCUT2D eigenvalue weighted by Crippen LogP contribution is -2.74. The lowest BCUT2D eigenvalue weighted by Gasteiger charge is -2.50. The van der Waals surface area contributed by atoms with Crippen molar-refractivity contribution < 1.29 is 34.1 Å². The molecule has 2 unspecified atom stereocenters. The summed E-state index contributed by atoms with van der Waals surface area (Å²) >= 11 is 0. The van der Waals surface area contributed by atoms with E-state index in [2.05, 4.69) is 0 Å². The van der Waals surface area contributed by atoms with Crippen LogP contribution in [0, 0.1) is 0 Å². The van der Waals surface area contributed by atoms with Crippen LogP contribution in [0.3, 0.4) is 0 Å². The number of carboxylic acids is 2. The Morgan fingerprint density at radius 3 is 2.16 bits per heavy atom. The lowest BCUT2D eigenvalue weighted by molar-refractivity contribution is -0.175. The highest BCUT2D eigenvalue weighted by Crippen LogP contribution is 2.38. The summed E-state index contributed by atoms with van der Waals surface area (Å²) in [5, 5.41) is 18.9. The highest BCUT2D eigenvalue weighted by molar-refractivity contribution is 6.05. The van der Waals surface area contributed by atoms with Crippen LogP contribution in [0.4, 0.5) is 4.79 Å². The van der Waals surface area contributed by atoms with E-state index in [9.17, 15) is 29.4 Å². The second kappa shape index (κ2) is 8.54. The molecule has 164 valence electrons. The van der Waals surface area contributed by atoms with E-state index in [4.69, 9.17) is 4.74 Å². The van der Waals surface area contributed by atoms with E-state index in [1.54, 1.807) is 60.7 Å². The number of rotatable bonds is 7. The highest BCUT2D eigenvalue weighted by atomic mass is 16.6. The molecule has 4 rings (SSSR count). The Hall–Kier alpha value is -4.14. The third-order valence-electron chi connectivity index (χ3n) is 5.58. The van der Waals surface area contributed by atoms with Crippen LogP contribution < -0.4 is 0 Å². The minimum atomic E-state index is -2.07. The van der Waals surface area contributed by atoms with Crippen molar-refractivity contribution in [1.29, 1.82) is 0 Å². The number of aliphatic carboxylic acids is 2. The molecule has 2 aromatic carbocycles. The predicted molar refractivity (Wildman–Crippen MR) is 111 cm³/mol. The summed E-state index contributed by atoms with van der Waals surface area (Å²) in [6.07, 6.45) is 2.50. The number of nitrogens with zero attached hydrogens (tertiary/aromatic N) is 2. The van der Waals surface area contributed by atoms with E-state index in [-0.39, 0.29) is 6.61 Å². The maximum absolute atomic E-state index is 13.1. The van der Waals surface area contributed by atoms with Gasteiger partial charge in [0.15, 0.2) is 0 Å². The SMILES string of the molecule is O=C(O)C(C(=O)O)N1C(=O)C(N2C(=O)OC[C@@H]2c2ccccc2)C1C=Cc1ccccc1. The molecule has 0 spiro atoms. The fourth-order valence-electron chi connectivity index (χ4n) is 4.09. The number of amides is 2. The van der Waals surface area contributed by atoms with Crippen molar-refractivity contribution in [2.24, 2.45) is 0 Å². The van der Waals surface area contributed by atoms with Gasteiger partial charge >= 0.3 is 18.0 Å². The molecule has 32 heavy (non-hydrogen) atoms. The van der Waals surface area contributed by atoms with Gasteiger partial charge in [-0.2, -0.15) is 0 Å². The number of hydrogen-bond donors (Lipinski definition) is 2. The first-order valence-corrected chi connectivity index (χ1v) is 9.91. The maximum Gasteiger partial charge on any atom is 0.411 e. The van der Waals surface area contributed by atoms with Crippen LogP contribution in [-0.4, -0.2) is 68.7 Å². The maximum atomic E-state index is 13.1. The number of carbonyl (C=O) groups is 4. The van der Waals surface area contributed by atoms with Gasteiger partial charge in [-0.25, -0.2) is 14.4 Å². The van der Waals surface area contributed by atoms with Gasteiger partial charge in [0.25, 0.3) is 0 Å². The zero-order valence-electron chi connectivity index (χ0n) is 16.8. The molecule has 0 aromatic heterocycles. The van der Waals surface area contributed by atoms with Crippen molar-refractivity contribution in [1.82, 2.24) is 9.80 Å². The average molecular weight is 436 g/mol. The van der Waals surface area contributed by atoms with Gasteiger partial charge in [-0.05, 0) is 11.1 Å². The molecule has 3 atom stereocenters. The molecule has 0 aliphatic carbocycles. The van der Waals surface area contributed by atoms with Crippen molar-refractivity contribution in [3.8, 4) is 0 Å². The molecular formula is C23H20N2O7. The standard InChI is InChI=1S/C23H20N2O7/c26-20-18(25-17(13-32-23(25)31)15-9-5-2-6-10-15)16(12-11-14-7-3-1-4-8-14)24(20)19(21(27)28)22(29)30/h1-12,16-19H,13H2,(H,27,28)(H,29,30)/t16?,17-,18?/m1/s1. The quantitative estimate of drug-likeness (QED) is 0.502. The molecular weight excluding hydrogens is 416 g/mol. The van der Waals surface area contributed by atoms with E-state index in [0.29, 0.717) is 0 Å². The highest BCUT2D eigenvalue weighted by Gasteiger charge is 2.59. The van der Waals surface area contributed by atoms with Gasteiger partial charge < -0.3 is 19.8 Å². The molecule has 2 heterocycles. The molecule has 0 saturated carbocycles. The predicted octanol–water partition coefficient (Wildman–Crippen LogP) is 2.01. The summed E-state index contributed by atoms with van der Waals surface area (Å²) < 4.78 is 5.20. The normalized spacial score (nSPS) is 22.8. The Balaban J connectivity index is 1.71. The molecule has 0 bridgehead atoms. The summed E-state index contributed by atoms with van der Waals surface area (Å²) in [6.45, 7) is 0.0308. The molecule has 2 aliphatic heterocycles. The average Bonchev–Trinajstić information content (AvgIpc) is 3.15. The van der Waals surface area contributed by atoms with Gasteiger partial charge in [-0.1, -0.05) is 72.8 Å². The van der Waals surface area contributed by atoms with E-state index in [1.165, 1.54) is 4.90 Å². The number of β-lactam (4-membered cyclic amide) rings is 1. The van der Waals surface area contributed by atoms with E-state index >= 15 is 0 Å². The molecule has 2 aromatic rings. The number of likely N-dealkylation sites (tertiary alicyclic amines) is 1. The van der Waals surface area contributed by atoms with Crippen LogP contribution in [0.1, 0.15) is 17.2 Å². The first-order valence-electron chi connectivity index (χ1n) is 9.91. The molecule has 2 fully saturated rings. The molecule has 2 amide bonds. The lowest BCUT2D eigenvalue weighted by atomic mass is 9.88. The Labute approximate surface area is 183 Å². The van der Waals surface area contributed by atoms with Crippen LogP contribution in [0.25, 0.3) is 6.08 Å². The number of carboxylic acid groups (broad SMARTS) is 2. The monoisotopic (exact) mass is 436 g/mol. The van der Waals surface area contributed by atoms with Gasteiger partial charge in [-0.15, -0.1) is 0 Å². The number of hydrogen-bond acceptors (Lipinski definition) is 5. The Bertz CT molecular complexity index is 1060. The van der Waals surface area contributed by atoms with Gasteiger partial charge in [0.05, 0.1) is 12.1 Å². The van der Waals surface area contributed by atoms with Crippen molar-refractivity contribution in [2.45, 2.75) is 24.2 Å². The van der Waals surface area contributed by atoms with E-state index < -0.39 is 48.1 Å². The van der Waals surface area contributed by atoms with Gasteiger partial charge in [0, 0.05) is 0 Å². The smallest absolute Gasteiger partial charge is 0.411 e. The number of cyclic esters (lactones) is 1. The molecule has 2 N–H and O–H groups in total. The van der Waals surface area contributed by atoms with Crippen molar-refractivity contribution in [3.05, 3.63) is 77.9 Å². The van der Waals surface area contributed by atoms with Crippen LogP contribution in [0.15, 0.2) is 66.7 Å². The zero-order valence-corrected chi connectivity index (χ0v) is 16.8. The Morgan fingerprint density at radius 1 is 0.969 bits per heavy atom. The van der Waals surface area contributed by atoms with Crippen LogP contribution in [0.5, 0.6) is 0 Å². The summed E-state index contributed by atoms with van der Waals surface area (Å²) in [5.41, 5.74) is 1.53. The fourth-order valence-corrected chi connectivity index (χ4v) is 4.09. The second-order valence-corrected chi connectivity index (χ2v) is 7.44. The second-order valence-electron chi connectivity index (χ2n) is 7.44. The molecule has 9 nitrogen and oxygen atoms in total. The van der Waals surface area contributed by atoms with Gasteiger partial charge in [0.1, 0.15) is 12.6 Å².